The van der Waals surface area contributed by atoms with Gasteiger partial charge in [0.15, 0.2) is 5.78 Å². The van der Waals surface area contributed by atoms with Crippen molar-refractivity contribution < 1.29 is 22.8 Å². The number of carbonyl (C=O) groups is 2. The van der Waals surface area contributed by atoms with Gasteiger partial charge in [0.05, 0.1) is 17.1 Å². The van der Waals surface area contributed by atoms with Gasteiger partial charge in [0.25, 0.3) is 5.91 Å². The molecule has 1 heterocycles. The molecule has 0 radical (unpaired) electrons. The molecule has 0 aliphatic heterocycles. The normalized spacial score (nSPS) is 15.2. The maximum atomic E-state index is 13.5. The van der Waals surface area contributed by atoms with Crippen molar-refractivity contribution in [3.05, 3.63) is 58.4 Å². The zero-order valence-electron chi connectivity index (χ0n) is 14.7. The number of nitrogens with zero attached hydrogens (tertiary/aromatic N) is 2. The van der Waals surface area contributed by atoms with Crippen LogP contribution in [-0.2, 0) is 16.6 Å². The van der Waals surface area contributed by atoms with Gasteiger partial charge in [-0.25, -0.2) is 14.4 Å². The summed E-state index contributed by atoms with van der Waals surface area (Å²) in [6, 6.07) is 4.68. The number of Topliss-reactive ketones (excluding diaryl/α,β-unsaturated/α-hetero) is 1. The lowest BCUT2D eigenvalue weighted by molar-refractivity contribution is -0.131. The quantitative estimate of drug-likeness (QED) is 0.708. The van der Waals surface area contributed by atoms with E-state index in [-0.39, 0.29) is 16.0 Å². The monoisotopic (exact) mass is 411 g/mol. The zero-order chi connectivity index (χ0) is 20.3. The third-order valence-electron chi connectivity index (χ3n) is 4.99. The number of benzene rings is 1. The first-order valence-electron chi connectivity index (χ1n) is 8.66. The van der Waals surface area contributed by atoms with Crippen molar-refractivity contribution in [1.29, 1.82) is 0 Å². The van der Waals surface area contributed by atoms with Gasteiger partial charge in [-0.2, -0.15) is 8.78 Å². The van der Waals surface area contributed by atoms with E-state index in [0.717, 1.165) is 24.8 Å². The fourth-order valence-corrected chi connectivity index (χ4v) is 3.42. The molecular formula is C19H17ClF3N3O2. The molecule has 1 fully saturated rings. The topological polar surface area (TPSA) is 72.0 Å². The van der Waals surface area contributed by atoms with E-state index in [1.165, 1.54) is 18.5 Å². The fraction of sp³-hybridized carbons (Fsp3) is 0.368. The molecule has 1 aromatic heterocycles. The zero-order valence-corrected chi connectivity index (χ0v) is 15.5. The summed E-state index contributed by atoms with van der Waals surface area (Å²) in [5, 5.41) is 1.91. The van der Waals surface area contributed by atoms with Gasteiger partial charge in [0.1, 0.15) is 11.6 Å². The highest BCUT2D eigenvalue weighted by Crippen LogP contribution is 2.46. The van der Waals surface area contributed by atoms with Gasteiger partial charge in [0, 0.05) is 24.2 Å². The second-order valence-electron chi connectivity index (χ2n) is 6.77. The Morgan fingerprint density at radius 2 is 1.89 bits per heavy atom. The van der Waals surface area contributed by atoms with Crippen LogP contribution in [0.3, 0.4) is 0 Å². The predicted molar refractivity (Wildman–Crippen MR) is 96.0 cm³/mol. The molecule has 28 heavy (non-hydrogen) atoms. The molecule has 0 unspecified atom stereocenters. The highest BCUT2D eigenvalue weighted by Gasteiger charge is 2.39. The number of hydrogen-bond acceptors (Lipinski definition) is 4. The summed E-state index contributed by atoms with van der Waals surface area (Å²) >= 11 is 5.91. The average Bonchev–Trinajstić information content (AvgIpc) is 2.65. The molecule has 1 aliphatic carbocycles. The summed E-state index contributed by atoms with van der Waals surface area (Å²) < 4.78 is 37.7. The van der Waals surface area contributed by atoms with Crippen LogP contribution in [0.1, 0.15) is 41.0 Å². The van der Waals surface area contributed by atoms with E-state index in [1.54, 1.807) is 12.1 Å². The largest absolute Gasteiger partial charge is 0.344 e. The van der Waals surface area contributed by atoms with Crippen LogP contribution in [-0.4, -0.2) is 34.6 Å². The number of ketones is 1. The van der Waals surface area contributed by atoms with Crippen molar-refractivity contribution in [3.8, 4) is 0 Å². The van der Waals surface area contributed by atoms with Crippen LogP contribution >= 0.6 is 11.6 Å². The van der Waals surface area contributed by atoms with E-state index in [2.05, 4.69) is 9.97 Å². The SMILES string of the molecule is O=C(CNC(=O)C(F)F)c1cnc(CC2(c3ccc(F)c(Cl)c3)CCC2)nc1. The lowest BCUT2D eigenvalue weighted by Crippen LogP contribution is -2.37. The number of halogens is 4. The van der Waals surface area contributed by atoms with Crippen LogP contribution in [0.25, 0.3) is 0 Å². The fourth-order valence-electron chi connectivity index (χ4n) is 3.24. The molecule has 1 amide bonds. The smallest absolute Gasteiger partial charge is 0.315 e. The van der Waals surface area contributed by atoms with E-state index in [4.69, 9.17) is 11.6 Å². The Balaban J connectivity index is 1.68. The van der Waals surface area contributed by atoms with E-state index < -0.39 is 30.5 Å². The second-order valence-corrected chi connectivity index (χ2v) is 7.18. The Labute approximate surface area is 164 Å². The molecule has 9 heteroatoms. The molecule has 1 aliphatic rings. The van der Waals surface area contributed by atoms with Crippen LogP contribution in [0, 0.1) is 5.82 Å². The first-order valence-corrected chi connectivity index (χ1v) is 9.04. The summed E-state index contributed by atoms with van der Waals surface area (Å²) in [6.07, 6.45) is 2.75. The Bertz CT molecular complexity index is 886. The minimum absolute atomic E-state index is 0.0662. The predicted octanol–water partition coefficient (Wildman–Crippen LogP) is 3.50. The van der Waals surface area contributed by atoms with E-state index >= 15 is 0 Å². The molecule has 0 saturated heterocycles. The average molecular weight is 412 g/mol. The highest BCUT2D eigenvalue weighted by atomic mass is 35.5. The number of amides is 1. The number of rotatable bonds is 7. The molecule has 0 atom stereocenters. The lowest BCUT2D eigenvalue weighted by atomic mass is 9.62. The Morgan fingerprint density at radius 1 is 1.21 bits per heavy atom. The summed E-state index contributed by atoms with van der Waals surface area (Å²) in [4.78, 5) is 31.2. The minimum atomic E-state index is -3.18. The highest BCUT2D eigenvalue weighted by molar-refractivity contribution is 6.30. The van der Waals surface area contributed by atoms with Crippen molar-refractivity contribution in [2.45, 2.75) is 37.5 Å². The van der Waals surface area contributed by atoms with Crippen LogP contribution in [0.2, 0.25) is 5.02 Å². The maximum absolute atomic E-state index is 13.5. The van der Waals surface area contributed by atoms with Crippen molar-refractivity contribution in [1.82, 2.24) is 15.3 Å². The summed E-state index contributed by atoms with van der Waals surface area (Å²) in [5.41, 5.74) is 0.808. The van der Waals surface area contributed by atoms with Crippen molar-refractivity contribution in [2.75, 3.05) is 6.54 Å². The Kier molecular flexibility index (Phi) is 5.98. The van der Waals surface area contributed by atoms with Gasteiger partial charge in [0.2, 0.25) is 0 Å². The van der Waals surface area contributed by atoms with Gasteiger partial charge < -0.3 is 5.32 Å². The minimum Gasteiger partial charge on any atom is -0.344 e. The molecule has 1 aromatic carbocycles. The van der Waals surface area contributed by atoms with E-state index in [9.17, 15) is 22.8 Å². The number of hydrogen-bond donors (Lipinski definition) is 1. The molecule has 1 N–H and O–H groups in total. The van der Waals surface area contributed by atoms with Crippen LogP contribution in [0.5, 0.6) is 0 Å². The molecule has 2 aromatic rings. The van der Waals surface area contributed by atoms with Crippen molar-refractivity contribution in [3.63, 3.8) is 0 Å². The lowest BCUT2D eigenvalue weighted by Gasteiger charge is -2.42. The van der Waals surface area contributed by atoms with Gasteiger partial charge in [-0.1, -0.05) is 24.1 Å². The van der Waals surface area contributed by atoms with E-state index in [0.29, 0.717) is 12.2 Å². The summed E-state index contributed by atoms with van der Waals surface area (Å²) in [6.45, 7) is -0.552. The molecule has 3 rings (SSSR count). The second kappa shape index (κ2) is 8.26. The number of alkyl halides is 2. The number of carbonyl (C=O) groups excluding carboxylic acids is 2. The first kappa shape index (κ1) is 20.3. The van der Waals surface area contributed by atoms with Gasteiger partial charge in [-0.15, -0.1) is 0 Å². The number of nitrogens with one attached hydrogen (secondary N) is 1. The molecule has 148 valence electrons. The van der Waals surface area contributed by atoms with Crippen LogP contribution in [0.15, 0.2) is 30.6 Å². The maximum Gasteiger partial charge on any atom is 0.315 e. The molecule has 5 nitrogen and oxygen atoms in total. The standard InChI is InChI=1S/C19H17ClF3N3O2/c20-13-6-12(2-3-14(13)21)19(4-1-5-19)7-16-24-8-11(9-25-16)15(27)10-26-18(28)17(22)23/h2-3,6,8-9,17H,1,4-5,7,10H2,(H,26,28). The summed E-state index contributed by atoms with van der Waals surface area (Å²) in [5.74, 6) is -2.04. The van der Waals surface area contributed by atoms with Gasteiger partial charge in [-0.3, -0.25) is 9.59 Å². The number of aromatic nitrogens is 2. The third-order valence-corrected chi connectivity index (χ3v) is 5.28. The van der Waals surface area contributed by atoms with Gasteiger partial charge in [-0.05, 0) is 30.5 Å². The van der Waals surface area contributed by atoms with Crippen LogP contribution < -0.4 is 5.32 Å². The van der Waals surface area contributed by atoms with E-state index in [1.807, 2.05) is 5.32 Å². The Morgan fingerprint density at radius 3 is 2.43 bits per heavy atom. The Hall–Kier alpha value is -2.48. The van der Waals surface area contributed by atoms with Crippen LogP contribution in [0.4, 0.5) is 13.2 Å². The van der Waals surface area contributed by atoms with Crippen molar-refractivity contribution in [2.24, 2.45) is 0 Å². The first-order chi connectivity index (χ1) is 13.3. The van der Waals surface area contributed by atoms with Gasteiger partial charge >= 0.3 is 6.43 Å². The molecule has 0 spiro atoms. The molecule has 0 bridgehead atoms. The summed E-state index contributed by atoms with van der Waals surface area (Å²) in [7, 11) is 0. The van der Waals surface area contributed by atoms with Crippen molar-refractivity contribution >= 4 is 23.3 Å². The molecular weight excluding hydrogens is 395 g/mol. The third kappa shape index (κ3) is 4.32. The molecule has 1 saturated carbocycles.